The third kappa shape index (κ3) is 4.04. The van der Waals surface area contributed by atoms with Crippen LogP contribution >= 0.6 is 0 Å². The molecule has 0 spiro atoms. The number of hydrogen-bond acceptors (Lipinski definition) is 3. The van der Waals surface area contributed by atoms with Gasteiger partial charge in [0.15, 0.2) is 6.29 Å². The van der Waals surface area contributed by atoms with Crippen LogP contribution in [-0.4, -0.2) is 31.6 Å². The molecule has 3 nitrogen and oxygen atoms in total. The smallest absolute Gasteiger partial charge is 0.157 e. The molecule has 2 saturated heterocycles. The van der Waals surface area contributed by atoms with Gasteiger partial charge in [-0.15, -0.1) is 0 Å². The van der Waals surface area contributed by atoms with Crippen molar-refractivity contribution in [2.24, 2.45) is 0 Å². The first-order valence-corrected chi connectivity index (χ1v) is 6.84. The van der Waals surface area contributed by atoms with Crippen LogP contribution in [0.3, 0.4) is 0 Å². The zero-order valence-corrected chi connectivity index (χ0v) is 10.4. The van der Waals surface area contributed by atoms with Gasteiger partial charge in [0.1, 0.15) is 0 Å². The molecule has 16 heavy (non-hydrogen) atoms. The molecule has 0 radical (unpaired) electrons. The molecule has 2 rings (SSSR count). The van der Waals surface area contributed by atoms with Crippen LogP contribution in [0.5, 0.6) is 0 Å². The normalized spacial score (nSPS) is 33.6. The van der Waals surface area contributed by atoms with Crippen LogP contribution in [-0.2, 0) is 9.47 Å². The summed E-state index contributed by atoms with van der Waals surface area (Å²) in [5.74, 6) is 0. The molecule has 3 heteroatoms. The first kappa shape index (κ1) is 12.3. The predicted molar refractivity (Wildman–Crippen MR) is 64.4 cm³/mol. The maximum Gasteiger partial charge on any atom is 0.157 e. The van der Waals surface area contributed by atoms with Gasteiger partial charge >= 0.3 is 0 Å². The molecule has 1 N–H and O–H groups in total. The second-order valence-electron chi connectivity index (χ2n) is 5.15. The van der Waals surface area contributed by atoms with Crippen molar-refractivity contribution in [3.8, 4) is 0 Å². The second kappa shape index (κ2) is 6.58. The molecule has 0 aliphatic carbocycles. The highest BCUT2D eigenvalue weighted by atomic mass is 16.7. The molecule has 2 aliphatic rings. The van der Waals surface area contributed by atoms with Crippen molar-refractivity contribution in [2.75, 3.05) is 13.2 Å². The van der Waals surface area contributed by atoms with Crippen LogP contribution in [0.15, 0.2) is 0 Å². The maximum atomic E-state index is 5.58. The minimum Gasteiger partial charge on any atom is -0.353 e. The van der Waals surface area contributed by atoms with E-state index in [0.717, 1.165) is 26.1 Å². The lowest BCUT2D eigenvalue weighted by molar-refractivity contribution is -0.182. The Morgan fingerprint density at radius 2 is 1.75 bits per heavy atom. The lowest BCUT2D eigenvalue weighted by Gasteiger charge is -2.26. The quantitative estimate of drug-likeness (QED) is 0.803. The van der Waals surface area contributed by atoms with E-state index < -0.39 is 0 Å². The Kier molecular flexibility index (Phi) is 5.07. The molecule has 2 atom stereocenters. The summed E-state index contributed by atoms with van der Waals surface area (Å²) in [6.07, 6.45) is 8.74. The largest absolute Gasteiger partial charge is 0.353 e. The van der Waals surface area contributed by atoms with E-state index in [1.807, 2.05) is 0 Å². The van der Waals surface area contributed by atoms with Crippen molar-refractivity contribution >= 4 is 0 Å². The maximum absolute atomic E-state index is 5.58. The van der Waals surface area contributed by atoms with Gasteiger partial charge in [0.25, 0.3) is 0 Å². The molecule has 0 saturated carbocycles. The summed E-state index contributed by atoms with van der Waals surface area (Å²) in [7, 11) is 0. The topological polar surface area (TPSA) is 30.5 Å². The zero-order valence-electron chi connectivity index (χ0n) is 10.4. The van der Waals surface area contributed by atoms with Crippen LogP contribution in [0.25, 0.3) is 0 Å². The third-order valence-electron chi connectivity index (χ3n) is 3.61. The van der Waals surface area contributed by atoms with Crippen LogP contribution < -0.4 is 5.32 Å². The van der Waals surface area contributed by atoms with Gasteiger partial charge in [-0.1, -0.05) is 12.8 Å². The monoisotopic (exact) mass is 227 g/mol. The van der Waals surface area contributed by atoms with E-state index in [1.165, 1.54) is 32.1 Å². The minimum atomic E-state index is 0.0640. The van der Waals surface area contributed by atoms with E-state index in [2.05, 4.69) is 12.2 Å². The average molecular weight is 227 g/mol. The Bertz CT molecular complexity index is 192. The molecule has 0 bridgehead atoms. The van der Waals surface area contributed by atoms with Crippen molar-refractivity contribution in [1.82, 2.24) is 5.32 Å². The summed E-state index contributed by atoms with van der Waals surface area (Å²) in [5.41, 5.74) is 0. The van der Waals surface area contributed by atoms with Gasteiger partial charge in [-0.2, -0.15) is 0 Å². The van der Waals surface area contributed by atoms with Crippen LogP contribution in [0.2, 0.25) is 0 Å². The Morgan fingerprint density at radius 1 is 1.00 bits per heavy atom. The molecule has 94 valence electrons. The van der Waals surface area contributed by atoms with Gasteiger partial charge in [0.2, 0.25) is 0 Å². The molecule has 2 heterocycles. The Labute approximate surface area is 98.9 Å². The molecular formula is C13H25NO2. The Balaban J connectivity index is 1.67. The van der Waals surface area contributed by atoms with Gasteiger partial charge in [0, 0.05) is 12.1 Å². The van der Waals surface area contributed by atoms with Gasteiger partial charge in [-0.05, 0) is 39.0 Å². The fraction of sp³-hybridized carbons (Fsp3) is 1.00. The molecule has 0 unspecified atom stereocenters. The lowest BCUT2D eigenvalue weighted by Crippen LogP contribution is -2.36. The molecule has 2 aliphatic heterocycles. The summed E-state index contributed by atoms with van der Waals surface area (Å²) in [6, 6.07) is 1.35. The first-order chi connectivity index (χ1) is 7.84. The van der Waals surface area contributed by atoms with Crippen molar-refractivity contribution in [1.29, 1.82) is 0 Å². The summed E-state index contributed by atoms with van der Waals surface area (Å²) in [5, 5.41) is 3.71. The fourth-order valence-electron chi connectivity index (χ4n) is 2.68. The van der Waals surface area contributed by atoms with E-state index in [1.54, 1.807) is 0 Å². The van der Waals surface area contributed by atoms with Crippen molar-refractivity contribution in [3.05, 3.63) is 0 Å². The van der Waals surface area contributed by atoms with Crippen molar-refractivity contribution < 1.29 is 9.47 Å². The zero-order chi connectivity index (χ0) is 11.2. The summed E-state index contributed by atoms with van der Waals surface area (Å²) < 4.78 is 11.2. The number of nitrogens with one attached hydrogen (secondary N) is 1. The van der Waals surface area contributed by atoms with Crippen LogP contribution in [0.1, 0.15) is 51.9 Å². The first-order valence-electron chi connectivity index (χ1n) is 6.84. The lowest BCUT2D eigenvalue weighted by atomic mass is 10.1. The van der Waals surface area contributed by atoms with Gasteiger partial charge in [-0.25, -0.2) is 0 Å². The standard InChI is InChI=1S/C13H25NO2/c1-11-5-2-3-6-12(14-11)7-8-13-15-9-4-10-16-13/h11-14H,2-10H2,1H3/t11-,12+/m1/s1. The summed E-state index contributed by atoms with van der Waals surface area (Å²) in [6.45, 7) is 4.05. The van der Waals surface area contributed by atoms with Gasteiger partial charge < -0.3 is 14.8 Å². The Morgan fingerprint density at radius 3 is 2.56 bits per heavy atom. The van der Waals surface area contributed by atoms with E-state index in [4.69, 9.17) is 9.47 Å². The van der Waals surface area contributed by atoms with E-state index in [-0.39, 0.29) is 6.29 Å². The van der Waals surface area contributed by atoms with Gasteiger partial charge in [-0.3, -0.25) is 0 Å². The van der Waals surface area contributed by atoms with Crippen molar-refractivity contribution in [3.63, 3.8) is 0 Å². The molecule has 0 aromatic rings. The van der Waals surface area contributed by atoms with E-state index in [0.29, 0.717) is 12.1 Å². The van der Waals surface area contributed by atoms with Crippen molar-refractivity contribution in [2.45, 2.75) is 70.2 Å². The summed E-state index contributed by atoms with van der Waals surface area (Å²) in [4.78, 5) is 0. The van der Waals surface area contributed by atoms with E-state index >= 15 is 0 Å². The molecule has 0 amide bonds. The fourth-order valence-corrected chi connectivity index (χ4v) is 2.68. The minimum absolute atomic E-state index is 0.0640. The third-order valence-corrected chi connectivity index (χ3v) is 3.61. The highest BCUT2D eigenvalue weighted by molar-refractivity contribution is 4.76. The molecule has 0 aromatic heterocycles. The molecule has 2 fully saturated rings. The van der Waals surface area contributed by atoms with Crippen LogP contribution in [0, 0.1) is 0 Å². The molecule has 0 aromatic carbocycles. The van der Waals surface area contributed by atoms with Gasteiger partial charge in [0.05, 0.1) is 13.2 Å². The average Bonchev–Trinajstić information content (AvgIpc) is 2.52. The predicted octanol–water partition coefficient (Wildman–Crippen LogP) is 2.45. The molecular weight excluding hydrogens is 202 g/mol. The highest BCUT2D eigenvalue weighted by Gasteiger charge is 2.19. The second-order valence-corrected chi connectivity index (χ2v) is 5.15. The number of ether oxygens (including phenoxy) is 2. The highest BCUT2D eigenvalue weighted by Crippen LogP contribution is 2.18. The van der Waals surface area contributed by atoms with Crippen LogP contribution in [0.4, 0.5) is 0 Å². The number of rotatable bonds is 3. The van der Waals surface area contributed by atoms with E-state index in [9.17, 15) is 0 Å². The summed E-state index contributed by atoms with van der Waals surface area (Å²) >= 11 is 0. The Hall–Kier alpha value is -0.120. The SMILES string of the molecule is C[C@@H]1CCCC[C@@H](CCC2OCCCO2)N1. The number of hydrogen-bond donors (Lipinski definition) is 1.